The molecule has 0 aliphatic rings. The molecule has 0 radical (unpaired) electrons. The maximum absolute atomic E-state index is 5.77. The Labute approximate surface area is 317 Å². The molecule has 0 saturated heterocycles. The molecule has 4 N–H and O–H groups in total. The van der Waals surface area contributed by atoms with Gasteiger partial charge in [0.15, 0.2) is 0 Å². The van der Waals surface area contributed by atoms with Gasteiger partial charge in [-0.3, -0.25) is 0 Å². The topological polar surface area (TPSA) is 58.5 Å². The van der Waals surface area contributed by atoms with Crippen molar-refractivity contribution in [2.75, 3.05) is 52.4 Å². The molecule has 0 aromatic rings. The second-order valence-corrected chi connectivity index (χ2v) is 16.3. The molecule has 0 spiro atoms. The van der Waals surface area contributed by atoms with Gasteiger partial charge in [0.2, 0.25) is 0 Å². The molecule has 0 heterocycles. The highest BCUT2D eigenvalue weighted by Gasteiger charge is 2.10. The van der Waals surface area contributed by atoms with Gasteiger partial charge >= 0.3 is 0 Å². The van der Waals surface area contributed by atoms with E-state index in [9.17, 15) is 0 Å². The minimum atomic E-state index is 0.849. The van der Waals surface area contributed by atoms with Crippen LogP contribution >= 0.6 is 0 Å². The van der Waals surface area contributed by atoms with Crippen LogP contribution in [-0.4, -0.2) is 62.2 Å². The van der Waals surface area contributed by atoms with Crippen LogP contribution in [-0.2, 0) is 0 Å². The summed E-state index contributed by atoms with van der Waals surface area (Å²) in [6.07, 6.45) is 50.8. The Hall–Kier alpha value is -0.160. The highest BCUT2D eigenvalue weighted by atomic mass is 15.2. The van der Waals surface area contributed by atoms with Crippen molar-refractivity contribution in [3.8, 4) is 0 Å². The van der Waals surface area contributed by atoms with E-state index in [2.05, 4.69) is 23.6 Å². The predicted octanol–water partition coefficient (Wildman–Crippen LogP) is 13.6. The summed E-state index contributed by atoms with van der Waals surface area (Å²) in [5.41, 5.74) is 11.5. The van der Waals surface area contributed by atoms with Gasteiger partial charge in [0.25, 0.3) is 0 Å². The average molecular weight is 707 g/mol. The van der Waals surface area contributed by atoms with Crippen LogP contribution in [0.2, 0.25) is 0 Å². The largest absolute Gasteiger partial charge is 0.330 e. The third-order valence-corrected chi connectivity index (χ3v) is 11.2. The Kier molecular flexibility index (Phi) is 44.9. The van der Waals surface area contributed by atoms with Crippen molar-refractivity contribution in [3.63, 3.8) is 0 Å². The second-order valence-electron chi connectivity index (χ2n) is 16.3. The summed E-state index contributed by atoms with van der Waals surface area (Å²) in [6, 6.07) is 0. The molecule has 0 rings (SSSR count). The molecule has 0 aromatic carbocycles. The monoisotopic (exact) mass is 707 g/mol. The van der Waals surface area contributed by atoms with E-state index in [4.69, 9.17) is 11.5 Å². The highest BCUT2D eigenvalue weighted by Crippen LogP contribution is 2.15. The summed E-state index contributed by atoms with van der Waals surface area (Å²) in [7, 11) is 0. The standard InChI is InChI=1S/C46H98N4/c1-3-5-7-9-11-13-15-17-19-21-23-25-29-35-41-49(43-37-31-27-33-39-47)45-46-50(44-38-32-28-34-40-48)42-36-30-26-24-22-20-18-16-14-12-10-8-6-4-2/h3-48H2,1-2H3. The van der Waals surface area contributed by atoms with E-state index >= 15 is 0 Å². The molecule has 0 saturated carbocycles. The van der Waals surface area contributed by atoms with Crippen LogP contribution in [0, 0.1) is 0 Å². The maximum Gasteiger partial charge on any atom is 0.0109 e. The molecule has 4 heteroatoms. The van der Waals surface area contributed by atoms with Crippen LogP contribution in [0.5, 0.6) is 0 Å². The number of nitrogens with zero attached hydrogens (tertiary/aromatic N) is 2. The summed E-state index contributed by atoms with van der Waals surface area (Å²) in [5, 5.41) is 0. The zero-order valence-corrected chi connectivity index (χ0v) is 35.2. The first-order chi connectivity index (χ1) is 24.8. The third-order valence-electron chi connectivity index (χ3n) is 11.2. The Morgan fingerprint density at radius 1 is 0.220 bits per heavy atom. The van der Waals surface area contributed by atoms with E-state index < -0.39 is 0 Å². The minimum absolute atomic E-state index is 0.849. The second kappa shape index (κ2) is 45.0. The molecule has 302 valence electrons. The van der Waals surface area contributed by atoms with Crippen LogP contribution in [0.15, 0.2) is 0 Å². The van der Waals surface area contributed by atoms with Crippen molar-refractivity contribution < 1.29 is 0 Å². The average Bonchev–Trinajstić information content (AvgIpc) is 3.13. The quantitative estimate of drug-likeness (QED) is 0.0619. The maximum atomic E-state index is 5.77. The first-order valence-electron chi connectivity index (χ1n) is 23.6. The van der Waals surface area contributed by atoms with Crippen LogP contribution in [0.3, 0.4) is 0 Å². The fourth-order valence-corrected chi connectivity index (χ4v) is 7.68. The van der Waals surface area contributed by atoms with Gasteiger partial charge in [0.1, 0.15) is 0 Å². The molecule has 0 aliphatic carbocycles. The lowest BCUT2D eigenvalue weighted by Gasteiger charge is -2.28. The molecule has 0 bridgehead atoms. The lowest BCUT2D eigenvalue weighted by atomic mass is 10.0. The van der Waals surface area contributed by atoms with Gasteiger partial charge in [-0.05, 0) is 77.8 Å². The van der Waals surface area contributed by atoms with E-state index in [1.165, 1.54) is 270 Å². The Morgan fingerprint density at radius 2 is 0.400 bits per heavy atom. The van der Waals surface area contributed by atoms with Gasteiger partial charge in [-0.15, -0.1) is 0 Å². The first-order valence-corrected chi connectivity index (χ1v) is 23.6. The van der Waals surface area contributed by atoms with Gasteiger partial charge in [0, 0.05) is 13.1 Å². The zero-order valence-electron chi connectivity index (χ0n) is 35.2. The summed E-state index contributed by atoms with van der Waals surface area (Å²) >= 11 is 0. The van der Waals surface area contributed by atoms with Crippen LogP contribution in [0.4, 0.5) is 0 Å². The van der Waals surface area contributed by atoms with Crippen molar-refractivity contribution in [1.82, 2.24) is 9.80 Å². The smallest absolute Gasteiger partial charge is 0.0109 e. The zero-order chi connectivity index (χ0) is 36.3. The lowest BCUT2D eigenvalue weighted by Crippen LogP contribution is -2.37. The van der Waals surface area contributed by atoms with E-state index in [-0.39, 0.29) is 0 Å². The SMILES string of the molecule is CCCCCCCCCCCCCCCCN(CCCCCCN)CCN(CCCCCCN)CCCCCCCCCCCCCCCC. The molecule has 50 heavy (non-hydrogen) atoms. The van der Waals surface area contributed by atoms with Crippen LogP contribution in [0.1, 0.15) is 245 Å². The number of hydrogen-bond donors (Lipinski definition) is 2. The lowest BCUT2D eigenvalue weighted by molar-refractivity contribution is 0.193. The van der Waals surface area contributed by atoms with Crippen molar-refractivity contribution in [1.29, 1.82) is 0 Å². The predicted molar refractivity (Wildman–Crippen MR) is 229 cm³/mol. The van der Waals surface area contributed by atoms with Gasteiger partial charge in [-0.2, -0.15) is 0 Å². The van der Waals surface area contributed by atoms with Crippen molar-refractivity contribution in [3.05, 3.63) is 0 Å². The molecule has 4 nitrogen and oxygen atoms in total. The summed E-state index contributed by atoms with van der Waals surface area (Å²) in [6.45, 7) is 14.0. The van der Waals surface area contributed by atoms with Crippen molar-refractivity contribution in [2.45, 2.75) is 245 Å². The molecule has 0 unspecified atom stereocenters. The van der Waals surface area contributed by atoms with E-state index in [0.717, 1.165) is 13.1 Å². The molecule has 0 aliphatic heterocycles. The number of nitrogens with two attached hydrogens (primary N) is 2. The van der Waals surface area contributed by atoms with Gasteiger partial charge in [-0.25, -0.2) is 0 Å². The molecule has 0 atom stereocenters. The Bertz CT molecular complexity index is 534. The van der Waals surface area contributed by atoms with Gasteiger partial charge in [0.05, 0.1) is 0 Å². The molecular weight excluding hydrogens is 609 g/mol. The van der Waals surface area contributed by atoms with E-state index in [1.807, 2.05) is 0 Å². The van der Waals surface area contributed by atoms with Gasteiger partial charge < -0.3 is 21.3 Å². The third kappa shape index (κ3) is 40.6. The number of rotatable bonds is 45. The Morgan fingerprint density at radius 3 is 0.600 bits per heavy atom. The summed E-state index contributed by atoms with van der Waals surface area (Å²) in [4.78, 5) is 5.66. The summed E-state index contributed by atoms with van der Waals surface area (Å²) < 4.78 is 0. The molecule has 0 aromatic heterocycles. The van der Waals surface area contributed by atoms with E-state index in [0.29, 0.717) is 0 Å². The molecular formula is C46H98N4. The normalized spacial score (nSPS) is 11.9. The van der Waals surface area contributed by atoms with Crippen LogP contribution < -0.4 is 11.5 Å². The first kappa shape index (κ1) is 49.8. The van der Waals surface area contributed by atoms with Crippen molar-refractivity contribution in [2.24, 2.45) is 11.5 Å². The number of hydrogen-bond acceptors (Lipinski definition) is 4. The van der Waals surface area contributed by atoms with Gasteiger partial charge in [-0.1, -0.05) is 206 Å². The van der Waals surface area contributed by atoms with E-state index in [1.54, 1.807) is 0 Å². The fraction of sp³-hybridized carbons (Fsp3) is 1.00. The summed E-state index contributed by atoms with van der Waals surface area (Å²) in [5.74, 6) is 0. The molecule has 0 fully saturated rings. The van der Waals surface area contributed by atoms with Crippen molar-refractivity contribution >= 4 is 0 Å². The highest BCUT2D eigenvalue weighted by molar-refractivity contribution is 4.66. The molecule has 0 amide bonds. The number of unbranched alkanes of at least 4 members (excludes halogenated alkanes) is 32. The Balaban J connectivity index is 4.33. The fourth-order valence-electron chi connectivity index (χ4n) is 7.68. The van der Waals surface area contributed by atoms with Crippen LogP contribution in [0.25, 0.3) is 0 Å². The minimum Gasteiger partial charge on any atom is -0.330 e.